The van der Waals surface area contributed by atoms with Crippen LogP contribution in [0, 0.1) is 0 Å². The molecule has 3 rings (SSSR count). The van der Waals surface area contributed by atoms with Gasteiger partial charge in [-0.15, -0.1) is 5.10 Å². The number of amides is 1. The first-order chi connectivity index (χ1) is 9.56. The summed E-state index contributed by atoms with van der Waals surface area (Å²) in [5.74, 6) is -0.0668. The Morgan fingerprint density at radius 1 is 1.30 bits per heavy atom. The number of aryl methyl sites for hydroxylation is 2. The van der Waals surface area contributed by atoms with Crippen LogP contribution in [-0.2, 0) is 12.8 Å². The van der Waals surface area contributed by atoms with Crippen molar-refractivity contribution in [2.45, 2.75) is 25.7 Å². The van der Waals surface area contributed by atoms with Crippen molar-refractivity contribution >= 4 is 27.8 Å². The largest absolute Gasteiger partial charge is 0.366 e. The van der Waals surface area contributed by atoms with Gasteiger partial charge < -0.3 is 11.5 Å². The predicted octanol–water partition coefficient (Wildman–Crippen LogP) is 0.985. The highest BCUT2D eigenvalue weighted by atomic mass is 79.9. The molecule has 0 saturated heterocycles. The second-order valence-electron chi connectivity index (χ2n) is 4.69. The van der Waals surface area contributed by atoms with E-state index in [0.717, 1.165) is 36.9 Å². The molecule has 2 aromatic heterocycles. The van der Waals surface area contributed by atoms with Crippen molar-refractivity contribution in [3.8, 4) is 5.82 Å². The molecule has 104 valence electrons. The molecular weight excluding hydrogens is 324 g/mol. The third-order valence-corrected chi connectivity index (χ3v) is 3.84. The number of fused-ring (bicyclic) bond motifs is 1. The van der Waals surface area contributed by atoms with Gasteiger partial charge in [-0.3, -0.25) is 4.79 Å². The summed E-state index contributed by atoms with van der Waals surface area (Å²) in [7, 11) is 0. The molecule has 7 nitrogen and oxygen atoms in total. The molecular formula is C12H13BrN6O. The number of primary amides is 1. The minimum Gasteiger partial charge on any atom is -0.366 e. The second-order valence-corrected chi connectivity index (χ2v) is 5.40. The molecule has 2 heterocycles. The molecule has 1 aliphatic carbocycles. The molecule has 0 bridgehead atoms. The maximum atomic E-state index is 11.7. The molecule has 0 aliphatic heterocycles. The number of nitrogens with two attached hydrogens (primary N) is 2. The summed E-state index contributed by atoms with van der Waals surface area (Å²) >= 11 is 3.25. The van der Waals surface area contributed by atoms with Crippen molar-refractivity contribution in [2.24, 2.45) is 5.73 Å². The predicted molar refractivity (Wildman–Crippen MR) is 76.4 cm³/mol. The Morgan fingerprint density at radius 2 is 2.05 bits per heavy atom. The fourth-order valence-corrected chi connectivity index (χ4v) is 2.84. The number of hydrogen-bond donors (Lipinski definition) is 2. The summed E-state index contributed by atoms with van der Waals surface area (Å²) in [5.41, 5.74) is 13.4. The summed E-state index contributed by atoms with van der Waals surface area (Å²) < 4.78 is 1.78. The fraction of sp³-hybridized carbons (Fsp3) is 0.333. The number of nitrogen functional groups attached to an aromatic ring is 1. The highest BCUT2D eigenvalue weighted by molar-refractivity contribution is 9.10. The van der Waals surface area contributed by atoms with Crippen molar-refractivity contribution in [2.75, 3.05) is 5.73 Å². The Morgan fingerprint density at radius 3 is 2.70 bits per heavy atom. The van der Waals surface area contributed by atoms with Crippen LogP contribution in [0.4, 0.5) is 5.95 Å². The number of carbonyl (C=O) groups is 1. The van der Waals surface area contributed by atoms with Crippen LogP contribution in [0.1, 0.15) is 34.5 Å². The van der Waals surface area contributed by atoms with E-state index in [1.165, 1.54) is 4.68 Å². The van der Waals surface area contributed by atoms with Gasteiger partial charge in [-0.2, -0.15) is 9.67 Å². The molecule has 8 heteroatoms. The Labute approximate surface area is 123 Å². The molecule has 1 amide bonds. The zero-order valence-electron chi connectivity index (χ0n) is 10.6. The van der Waals surface area contributed by atoms with Gasteiger partial charge >= 0.3 is 0 Å². The highest BCUT2D eigenvalue weighted by Crippen LogP contribution is 2.25. The molecule has 0 unspecified atom stereocenters. The van der Waals surface area contributed by atoms with Crippen molar-refractivity contribution in [3.63, 3.8) is 0 Å². The van der Waals surface area contributed by atoms with Gasteiger partial charge in [-0.1, -0.05) is 0 Å². The Bertz CT molecular complexity index is 695. The third-order valence-electron chi connectivity index (χ3n) is 3.33. The van der Waals surface area contributed by atoms with Crippen molar-refractivity contribution in [1.82, 2.24) is 19.7 Å². The van der Waals surface area contributed by atoms with Crippen LogP contribution in [0.3, 0.4) is 0 Å². The first kappa shape index (κ1) is 13.0. The summed E-state index contributed by atoms with van der Waals surface area (Å²) in [6.07, 6.45) is 4.01. The average Bonchev–Trinajstić information content (AvgIpc) is 2.76. The van der Waals surface area contributed by atoms with Crippen LogP contribution < -0.4 is 11.5 Å². The summed E-state index contributed by atoms with van der Waals surface area (Å²) in [4.78, 5) is 20.2. The number of hydrogen-bond acceptors (Lipinski definition) is 5. The van der Waals surface area contributed by atoms with Crippen LogP contribution in [0.2, 0.25) is 0 Å². The van der Waals surface area contributed by atoms with Gasteiger partial charge in [0, 0.05) is 5.69 Å². The monoisotopic (exact) mass is 336 g/mol. The SMILES string of the molecule is NC(=O)c1cc2c(nc1-n1nc(N)nc1Br)CCCC2. The van der Waals surface area contributed by atoms with Gasteiger partial charge in [0.05, 0.1) is 5.56 Å². The quantitative estimate of drug-likeness (QED) is 0.848. The van der Waals surface area contributed by atoms with E-state index >= 15 is 0 Å². The Kier molecular flexibility index (Phi) is 3.17. The number of rotatable bonds is 2. The minimum atomic E-state index is -0.540. The number of nitrogens with zero attached hydrogens (tertiary/aromatic N) is 4. The smallest absolute Gasteiger partial charge is 0.252 e. The first-order valence-corrected chi connectivity index (χ1v) is 7.06. The molecule has 0 fully saturated rings. The molecule has 0 aromatic carbocycles. The molecule has 2 aromatic rings. The summed E-state index contributed by atoms with van der Waals surface area (Å²) in [6.45, 7) is 0. The van der Waals surface area contributed by atoms with Gasteiger partial charge in [0.2, 0.25) is 10.7 Å². The molecule has 0 atom stereocenters. The zero-order chi connectivity index (χ0) is 14.3. The van der Waals surface area contributed by atoms with E-state index in [1.54, 1.807) is 0 Å². The third kappa shape index (κ3) is 2.15. The Hall–Kier alpha value is -1.96. The maximum absolute atomic E-state index is 11.7. The van der Waals surface area contributed by atoms with E-state index in [2.05, 4.69) is 31.0 Å². The van der Waals surface area contributed by atoms with E-state index in [-0.39, 0.29) is 5.95 Å². The maximum Gasteiger partial charge on any atom is 0.252 e. The van der Waals surface area contributed by atoms with Crippen LogP contribution in [0.5, 0.6) is 0 Å². The van der Waals surface area contributed by atoms with E-state index in [1.807, 2.05) is 6.07 Å². The lowest BCUT2D eigenvalue weighted by atomic mass is 9.94. The fourth-order valence-electron chi connectivity index (χ4n) is 2.41. The number of anilines is 1. The number of carbonyl (C=O) groups excluding carboxylic acids is 1. The summed E-state index contributed by atoms with van der Waals surface area (Å²) in [6, 6.07) is 1.81. The van der Waals surface area contributed by atoms with Crippen molar-refractivity contribution < 1.29 is 4.79 Å². The number of halogens is 1. The Balaban J connectivity index is 2.22. The lowest BCUT2D eigenvalue weighted by Crippen LogP contribution is -2.20. The lowest BCUT2D eigenvalue weighted by Gasteiger charge is -2.17. The molecule has 0 radical (unpaired) electrons. The normalized spacial score (nSPS) is 14.1. The van der Waals surface area contributed by atoms with Crippen molar-refractivity contribution in [1.29, 1.82) is 0 Å². The van der Waals surface area contributed by atoms with Crippen LogP contribution >= 0.6 is 15.9 Å². The van der Waals surface area contributed by atoms with E-state index < -0.39 is 5.91 Å². The van der Waals surface area contributed by atoms with E-state index in [9.17, 15) is 4.79 Å². The summed E-state index contributed by atoms with van der Waals surface area (Å²) in [5, 5.41) is 4.04. The average molecular weight is 337 g/mol. The van der Waals surface area contributed by atoms with Crippen LogP contribution in [-0.4, -0.2) is 25.7 Å². The topological polar surface area (TPSA) is 113 Å². The second kappa shape index (κ2) is 4.86. The zero-order valence-corrected chi connectivity index (χ0v) is 12.2. The highest BCUT2D eigenvalue weighted by Gasteiger charge is 2.21. The van der Waals surface area contributed by atoms with Crippen LogP contribution in [0.25, 0.3) is 5.82 Å². The van der Waals surface area contributed by atoms with Gasteiger partial charge in [0.25, 0.3) is 5.91 Å². The molecule has 4 N–H and O–H groups in total. The van der Waals surface area contributed by atoms with Crippen LogP contribution in [0.15, 0.2) is 10.8 Å². The molecule has 0 saturated carbocycles. The van der Waals surface area contributed by atoms with Gasteiger partial charge in [0.15, 0.2) is 5.82 Å². The minimum absolute atomic E-state index is 0.104. The first-order valence-electron chi connectivity index (χ1n) is 6.27. The van der Waals surface area contributed by atoms with Gasteiger partial charge in [-0.25, -0.2) is 4.98 Å². The molecule has 0 spiro atoms. The number of aromatic nitrogens is 4. The van der Waals surface area contributed by atoms with Gasteiger partial charge in [-0.05, 0) is 53.2 Å². The van der Waals surface area contributed by atoms with Gasteiger partial charge in [0.1, 0.15) is 0 Å². The lowest BCUT2D eigenvalue weighted by molar-refractivity contribution is 0.0999. The van der Waals surface area contributed by atoms with E-state index in [4.69, 9.17) is 11.5 Å². The standard InChI is InChI=1S/C12H13BrN6O/c13-11-17-12(15)18-19(11)10-7(9(14)20)5-6-3-1-2-4-8(6)16-10/h5H,1-4H2,(H2,14,20)(H2,15,18). The molecule has 20 heavy (non-hydrogen) atoms. The number of pyridine rings is 1. The van der Waals surface area contributed by atoms with Crippen molar-refractivity contribution in [3.05, 3.63) is 27.6 Å². The van der Waals surface area contributed by atoms with E-state index in [0.29, 0.717) is 16.1 Å². The molecule has 1 aliphatic rings.